The van der Waals surface area contributed by atoms with Crippen molar-refractivity contribution in [2.45, 2.75) is 20.3 Å². The van der Waals surface area contributed by atoms with Crippen molar-refractivity contribution in [1.82, 2.24) is 9.97 Å². The number of halogens is 1. The standard InChI is InChI=1S/C13H13BrN2O/c1-8(17)7-12-15-9(2)13(16-12)10-5-3-4-6-11(10)14/h3-6H,7H2,1-2H3,(H,15,16). The van der Waals surface area contributed by atoms with Crippen LogP contribution in [0.2, 0.25) is 0 Å². The summed E-state index contributed by atoms with van der Waals surface area (Å²) in [5, 5.41) is 0. The van der Waals surface area contributed by atoms with E-state index in [0.29, 0.717) is 6.42 Å². The van der Waals surface area contributed by atoms with Crippen molar-refractivity contribution in [3.8, 4) is 11.3 Å². The highest BCUT2D eigenvalue weighted by atomic mass is 79.9. The number of hydrogen-bond donors (Lipinski definition) is 1. The second-order valence-corrected chi connectivity index (χ2v) is 4.87. The van der Waals surface area contributed by atoms with Gasteiger partial charge in [0.1, 0.15) is 11.6 Å². The van der Waals surface area contributed by atoms with Crippen LogP contribution in [0, 0.1) is 6.92 Å². The molecule has 3 nitrogen and oxygen atoms in total. The van der Waals surface area contributed by atoms with Crippen LogP contribution in [0.25, 0.3) is 11.3 Å². The number of hydrogen-bond acceptors (Lipinski definition) is 2. The second kappa shape index (κ2) is 4.84. The molecule has 0 unspecified atom stereocenters. The summed E-state index contributed by atoms with van der Waals surface area (Å²) in [6.07, 6.45) is 0.352. The van der Waals surface area contributed by atoms with Crippen LogP contribution in [0.1, 0.15) is 18.4 Å². The number of aromatic amines is 1. The Bertz CT molecular complexity index is 560. The Labute approximate surface area is 108 Å². The summed E-state index contributed by atoms with van der Waals surface area (Å²) in [5.74, 6) is 0.832. The number of carbonyl (C=O) groups excluding carboxylic acids is 1. The Hall–Kier alpha value is -1.42. The Balaban J connectivity index is 2.43. The highest BCUT2D eigenvalue weighted by Crippen LogP contribution is 2.28. The van der Waals surface area contributed by atoms with E-state index in [2.05, 4.69) is 25.9 Å². The average molecular weight is 293 g/mol. The summed E-state index contributed by atoms with van der Waals surface area (Å²) < 4.78 is 1.00. The first-order valence-corrected chi connectivity index (χ1v) is 6.17. The highest BCUT2D eigenvalue weighted by Gasteiger charge is 2.12. The van der Waals surface area contributed by atoms with Crippen molar-refractivity contribution in [3.05, 3.63) is 40.3 Å². The maximum absolute atomic E-state index is 11.1. The molecule has 88 valence electrons. The van der Waals surface area contributed by atoms with Gasteiger partial charge in [0.05, 0.1) is 12.1 Å². The first-order valence-electron chi connectivity index (χ1n) is 5.37. The number of rotatable bonds is 3. The van der Waals surface area contributed by atoms with Gasteiger partial charge in [0.15, 0.2) is 0 Å². The number of aryl methyl sites for hydroxylation is 1. The van der Waals surface area contributed by atoms with Crippen LogP contribution < -0.4 is 0 Å². The number of aromatic nitrogens is 2. The minimum absolute atomic E-state index is 0.109. The molecule has 0 spiro atoms. The highest BCUT2D eigenvalue weighted by molar-refractivity contribution is 9.10. The molecular weight excluding hydrogens is 280 g/mol. The van der Waals surface area contributed by atoms with Crippen molar-refractivity contribution >= 4 is 21.7 Å². The molecule has 0 saturated heterocycles. The van der Waals surface area contributed by atoms with Gasteiger partial charge in [0, 0.05) is 15.7 Å². The minimum atomic E-state index is 0.109. The topological polar surface area (TPSA) is 45.8 Å². The molecule has 0 fully saturated rings. The molecule has 0 bridgehead atoms. The second-order valence-electron chi connectivity index (χ2n) is 4.02. The third-order valence-electron chi connectivity index (χ3n) is 2.48. The van der Waals surface area contributed by atoms with E-state index in [1.165, 1.54) is 0 Å². The maximum Gasteiger partial charge on any atom is 0.137 e. The molecule has 0 saturated carbocycles. The first-order chi connectivity index (χ1) is 8.08. The minimum Gasteiger partial charge on any atom is -0.345 e. The summed E-state index contributed by atoms with van der Waals surface area (Å²) in [6.45, 7) is 3.53. The van der Waals surface area contributed by atoms with Gasteiger partial charge in [0.2, 0.25) is 0 Å². The number of nitrogens with one attached hydrogen (secondary N) is 1. The van der Waals surface area contributed by atoms with Gasteiger partial charge in [-0.05, 0) is 19.9 Å². The Kier molecular flexibility index (Phi) is 3.43. The van der Waals surface area contributed by atoms with Crippen LogP contribution in [0.4, 0.5) is 0 Å². The lowest BCUT2D eigenvalue weighted by atomic mass is 10.1. The van der Waals surface area contributed by atoms with Crippen LogP contribution in [0.3, 0.4) is 0 Å². The van der Waals surface area contributed by atoms with E-state index < -0.39 is 0 Å². The number of H-pyrrole nitrogens is 1. The van der Waals surface area contributed by atoms with E-state index in [4.69, 9.17) is 0 Å². The zero-order chi connectivity index (χ0) is 12.4. The average Bonchev–Trinajstić information content (AvgIpc) is 2.59. The molecule has 2 rings (SSSR count). The quantitative estimate of drug-likeness (QED) is 0.944. The van der Waals surface area contributed by atoms with Gasteiger partial charge in [-0.1, -0.05) is 34.1 Å². The van der Waals surface area contributed by atoms with E-state index in [9.17, 15) is 4.79 Å². The predicted molar refractivity (Wildman–Crippen MR) is 70.8 cm³/mol. The van der Waals surface area contributed by atoms with Crippen LogP contribution in [-0.4, -0.2) is 15.8 Å². The summed E-state index contributed by atoms with van der Waals surface area (Å²) in [7, 11) is 0. The van der Waals surface area contributed by atoms with Gasteiger partial charge >= 0.3 is 0 Å². The van der Waals surface area contributed by atoms with Gasteiger partial charge < -0.3 is 4.98 Å². The van der Waals surface area contributed by atoms with E-state index in [-0.39, 0.29) is 5.78 Å². The Morgan fingerprint density at radius 1 is 1.41 bits per heavy atom. The molecule has 0 aliphatic carbocycles. The fraction of sp³-hybridized carbons (Fsp3) is 0.231. The van der Waals surface area contributed by atoms with Crippen LogP contribution >= 0.6 is 15.9 Å². The lowest BCUT2D eigenvalue weighted by Gasteiger charge is -2.01. The fourth-order valence-electron chi connectivity index (χ4n) is 1.76. The smallest absolute Gasteiger partial charge is 0.137 e. The number of ketones is 1. The van der Waals surface area contributed by atoms with Crippen LogP contribution in [0.5, 0.6) is 0 Å². The molecule has 0 aliphatic rings. The van der Waals surface area contributed by atoms with Gasteiger partial charge in [0.25, 0.3) is 0 Å². The molecule has 0 atom stereocenters. The number of carbonyl (C=O) groups is 1. The number of benzene rings is 1. The zero-order valence-electron chi connectivity index (χ0n) is 9.75. The molecule has 1 heterocycles. The summed E-state index contributed by atoms with van der Waals surface area (Å²) in [5.41, 5.74) is 2.91. The summed E-state index contributed by atoms with van der Waals surface area (Å²) >= 11 is 3.51. The van der Waals surface area contributed by atoms with Gasteiger partial charge in [-0.2, -0.15) is 0 Å². The largest absolute Gasteiger partial charge is 0.345 e. The van der Waals surface area contributed by atoms with Gasteiger partial charge in [-0.25, -0.2) is 4.98 Å². The third kappa shape index (κ3) is 2.64. The molecule has 0 amide bonds. The molecule has 2 aromatic rings. The Morgan fingerprint density at radius 3 is 2.76 bits per heavy atom. The number of imidazole rings is 1. The number of Topliss-reactive ketones (excluding diaryl/α,β-unsaturated/α-hetero) is 1. The first kappa shape index (κ1) is 12.0. The molecule has 1 aromatic heterocycles. The third-order valence-corrected chi connectivity index (χ3v) is 3.17. The molecule has 1 N–H and O–H groups in total. The van der Waals surface area contributed by atoms with Crippen molar-refractivity contribution in [3.63, 3.8) is 0 Å². The normalized spacial score (nSPS) is 10.5. The van der Waals surface area contributed by atoms with Crippen molar-refractivity contribution in [2.24, 2.45) is 0 Å². The van der Waals surface area contributed by atoms with Gasteiger partial charge in [-0.3, -0.25) is 4.79 Å². The van der Waals surface area contributed by atoms with Crippen LogP contribution in [-0.2, 0) is 11.2 Å². The molecule has 0 radical (unpaired) electrons. The lowest BCUT2D eigenvalue weighted by Crippen LogP contribution is -1.98. The Morgan fingerprint density at radius 2 is 2.12 bits per heavy atom. The maximum atomic E-state index is 11.1. The molecule has 1 aromatic carbocycles. The van der Waals surface area contributed by atoms with E-state index in [1.807, 2.05) is 31.2 Å². The van der Waals surface area contributed by atoms with E-state index >= 15 is 0 Å². The predicted octanol–water partition coefficient (Wildman–Crippen LogP) is 3.28. The monoisotopic (exact) mass is 292 g/mol. The van der Waals surface area contributed by atoms with E-state index in [1.54, 1.807) is 6.92 Å². The SMILES string of the molecule is CC(=O)Cc1nc(-c2ccccc2Br)c(C)[nH]1. The van der Waals surface area contributed by atoms with Gasteiger partial charge in [-0.15, -0.1) is 0 Å². The summed E-state index contributed by atoms with van der Waals surface area (Å²) in [6, 6.07) is 7.92. The molecule has 4 heteroatoms. The van der Waals surface area contributed by atoms with E-state index in [0.717, 1.165) is 27.2 Å². The molecule has 17 heavy (non-hydrogen) atoms. The molecule has 0 aliphatic heterocycles. The lowest BCUT2D eigenvalue weighted by molar-refractivity contribution is -0.116. The zero-order valence-corrected chi connectivity index (χ0v) is 11.3. The van der Waals surface area contributed by atoms with Crippen molar-refractivity contribution in [2.75, 3.05) is 0 Å². The number of nitrogens with zero attached hydrogens (tertiary/aromatic N) is 1. The van der Waals surface area contributed by atoms with Crippen molar-refractivity contribution < 1.29 is 4.79 Å². The molecular formula is C13H13BrN2O. The van der Waals surface area contributed by atoms with Crippen molar-refractivity contribution in [1.29, 1.82) is 0 Å². The summed E-state index contributed by atoms with van der Waals surface area (Å²) in [4.78, 5) is 18.7. The van der Waals surface area contributed by atoms with Crippen LogP contribution in [0.15, 0.2) is 28.7 Å². The fourth-order valence-corrected chi connectivity index (χ4v) is 2.23.